The summed E-state index contributed by atoms with van der Waals surface area (Å²) in [7, 11) is 0. The van der Waals surface area contributed by atoms with Gasteiger partial charge in [-0.3, -0.25) is 4.79 Å². The van der Waals surface area contributed by atoms with Crippen LogP contribution >= 0.6 is 0 Å². The third kappa shape index (κ3) is 4.11. The van der Waals surface area contributed by atoms with Crippen molar-refractivity contribution in [2.75, 3.05) is 13.1 Å². The smallest absolute Gasteiger partial charge is 0.264 e. The zero-order valence-electron chi connectivity index (χ0n) is 13.2. The molecule has 0 aliphatic carbocycles. The molecule has 1 fully saturated rings. The minimum atomic E-state index is -0.167. The highest BCUT2D eigenvalue weighted by molar-refractivity contribution is 6.01. The quantitative estimate of drug-likeness (QED) is 0.618. The van der Waals surface area contributed by atoms with Crippen LogP contribution < -0.4 is 4.74 Å². The second-order valence-electron chi connectivity index (χ2n) is 5.57. The van der Waals surface area contributed by atoms with E-state index in [0.29, 0.717) is 0 Å². The fraction of sp³-hybridized carbons (Fsp3) is 0.444. The average molecular weight is 298 g/mol. The Hall–Kier alpha value is -2.28. The molecule has 1 aliphatic rings. The van der Waals surface area contributed by atoms with Crippen molar-refractivity contribution < 1.29 is 9.53 Å². The highest BCUT2D eigenvalue weighted by Gasteiger charge is 2.21. The van der Waals surface area contributed by atoms with E-state index in [4.69, 9.17) is 4.74 Å². The van der Waals surface area contributed by atoms with Crippen molar-refractivity contribution in [1.29, 1.82) is 5.26 Å². The first-order valence-corrected chi connectivity index (χ1v) is 7.82. The van der Waals surface area contributed by atoms with Crippen LogP contribution in [-0.4, -0.2) is 30.0 Å². The highest BCUT2D eigenvalue weighted by Crippen LogP contribution is 2.18. The maximum Gasteiger partial charge on any atom is 0.264 e. The summed E-state index contributed by atoms with van der Waals surface area (Å²) >= 11 is 0. The molecule has 1 amide bonds. The van der Waals surface area contributed by atoms with Crippen LogP contribution in [0.15, 0.2) is 29.8 Å². The molecule has 1 aromatic rings. The van der Waals surface area contributed by atoms with Crippen LogP contribution in [0.5, 0.6) is 5.75 Å². The molecule has 116 valence electrons. The summed E-state index contributed by atoms with van der Waals surface area (Å²) in [5, 5.41) is 9.23. The number of carbonyl (C=O) groups excluding carboxylic acids is 1. The largest absolute Gasteiger partial charge is 0.491 e. The Morgan fingerprint density at radius 2 is 2.00 bits per heavy atom. The topological polar surface area (TPSA) is 53.3 Å². The van der Waals surface area contributed by atoms with Gasteiger partial charge in [-0.1, -0.05) is 19.1 Å². The molecule has 22 heavy (non-hydrogen) atoms. The molecule has 1 heterocycles. The first kappa shape index (κ1) is 16.1. The minimum absolute atomic E-state index is 0.167. The molecule has 0 N–H and O–H groups in total. The predicted octanol–water partition coefficient (Wildman–Crippen LogP) is 3.39. The molecule has 0 bridgehead atoms. The van der Waals surface area contributed by atoms with Gasteiger partial charge >= 0.3 is 0 Å². The Kier molecular flexibility index (Phi) is 5.60. The molecule has 1 aromatic carbocycles. The van der Waals surface area contributed by atoms with Crippen molar-refractivity contribution in [2.45, 2.75) is 39.2 Å². The summed E-state index contributed by atoms with van der Waals surface area (Å²) in [6.07, 6.45) is 4.81. The van der Waals surface area contributed by atoms with Crippen LogP contribution in [0.2, 0.25) is 0 Å². The van der Waals surface area contributed by atoms with Crippen LogP contribution in [-0.2, 0) is 4.79 Å². The second kappa shape index (κ2) is 7.65. The lowest BCUT2D eigenvalue weighted by Gasteiger charge is -2.14. The lowest BCUT2D eigenvalue weighted by atomic mass is 10.1. The lowest BCUT2D eigenvalue weighted by Crippen LogP contribution is -2.28. The Morgan fingerprint density at radius 1 is 1.36 bits per heavy atom. The molecule has 1 aliphatic heterocycles. The Morgan fingerprint density at radius 3 is 2.55 bits per heavy atom. The van der Waals surface area contributed by atoms with E-state index >= 15 is 0 Å². The molecule has 0 spiro atoms. The number of amides is 1. The van der Waals surface area contributed by atoms with E-state index < -0.39 is 0 Å². The number of ether oxygens (including phenoxy) is 1. The third-order valence-electron chi connectivity index (χ3n) is 3.85. The maximum atomic E-state index is 12.2. The van der Waals surface area contributed by atoms with Crippen molar-refractivity contribution in [1.82, 2.24) is 4.90 Å². The van der Waals surface area contributed by atoms with Crippen LogP contribution in [0.4, 0.5) is 0 Å². The van der Waals surface area contributed by atoms with E-state index in [0.717, 1.165) is 43.7 Å². The molecule has 2 rings (SSSR count). The lowest BCUT2D eigenvalue weighted by molar-refractivity contribution is -0.125. The molecule has 4 heteroatoms. The van der Waals surface area contributed by atoms with Gasteiger partial charge in [0.25, 0.3) is 5.91 Å². The summed E-state index contributed by atoms with van der Waals surface area (Å²) in [6, 6.07) is 9.49. The summed E-state index contributed by atoms with van der Waals surface area (Å²) < 4.78 is 5.72. The third-order valence-corrected chi connectivity index (χ3v) is 3.85. The van der Waals surface area contributed by atoms with Gasteiger partial charge in [0.2, 0.25) is 0 Å². The minimum Gasteiger partial charge on any atom is -0.491 e. The standard InChI is InChI=1S/C18H22N2O2/c1-3-14(2)22-17-8-6-15(7-9-17)12-16(13-19)18(21)20-10-4-5-11-20/h6-9,12,14H,3-5,10-11H2,1-2H3/b16-12+/t14-/m1/s1. The maximum absolute atomic E-state index is 12.2. The Bertz CT molecular complexity index is 578. The van der Waals surface area contributed by atoms with Crippen LogP contribution in [0.25, 0.3) is 6.08 Å². The van der Waals surface area contributed by atoms with E-state index in [1.807, 2.05) is 37.3 Å². The second-order valence-corrected chi connectivity index (χ2v) is 5.57. The molecule has 0 saturated carbocycles. The first-order valence-electron chi connectivity index (χ1n) is 7.82. The monoisotopic (exact) mass is 298 g/mol. The van der Waals surface area contributed by atoms with Gasteiger partial charge in [-0.2, -0.15) is 5.26 Å². The highest BCUT2D eigenvalue weighted by atomic mass is 16.5. The molecule has 0 unspecified atom stereocenters. The number of hydrogen-bond acceptors (Lipinski definition) is 3. The normalized spacial score (nSPS) is 16.2. The van der Waals surface area contributed by atoms with E-state index in [9.17, 15) is 10.1 Å². The van der Waals surface area contributed by atoms with Crippen molar-refractivity contribution in [2.24, 2.45) is 0 Å². The molecule has 4 nitrogen and oxygen atoms in total. The van der Waals surface area contributed by atoms with Gasteiger partial charge in [0.15, 0.2) is 0 Å². The van der Waals surface area contributed by atoms with E-state index in [-0.39, 0.29) is 17.6 Å². The van der Waals surface area contributed by atoms with Crippen LogP contribution in [0, 0.1) is 11.3 Å². The number of nitrogens with zero attached hydrogens (tertiary/aromatic N) is 2. The van der Waals surface area contributed by atoms with Gasteiger partial charge in [-0.25, -0.2) is 0 Å². The van der Waals surface area contributed by atoms with Gasteiger partial charge in [-0.15, -0.1) is 0 Å². The van der Waals surface area contributed by atoms with Gasteiger partial charge < -0.3 is 9.64 Å². The number of benzene rings is 1. The number of rotatable bonds is 5. The fourth-order valence-corrected chi connectivity index (χ4v) is 2.36. The molecule has 0 radical (unpaired) electrons. The number of hydrogen-bond donors (Lipinski definition) is 0. The fourth-order valence-electron chi connectivity index (χ4n) is 2.36. The molecular weight excluding hydrogens is 276 g/mol. The summed E-state index contributed by atoms with van der Waals surface area (Å²) in [5.74, 6) is 0.635. The molecule has 1 atom stereocenters. The van der Waals surface area contributed by atoms with E-state index in [1.165, 1.54) is 0 Å². The number of likely N-dealkylation sites (tertiary alicyclic amines) is 1. The zero-order valence-corrected chi connectivity index (χ0v) is 13.2. The molecular formula is C18H22N2O2. The van der Waals surface area contributed by atoms with Crippen molar-refractivity contribution >= 4 is 12.0 Å². The van der Waals surface area contributed by atoms with Gasteiger partial charge in [-0.05, 0) is 50.0 Å². The van der Waals surface area contributed by atoms with Crippen molar-refractivity contribution in [3.8, 4) is 11.8 Å². The summed E-state index contributed by atoms with van der Waals surface area (Å²) in [4.78, 5) is 14.0. The van der Waals surface area contributed by atoms with Crippen molar-refractivity contribution in [3.05, 3.63) is 35.4 Å². The molecule has 0 aromatic heterocycles. The summed E-state index contributed by atoms with van der Waals surface area (Å²) in [5.41, 5.74) is 1.03. The van der Waals surface area contributed by atoms with Gasteiger partial charge in [0, 0.05) is 13.1 Å². The number of carbonyl (C=O) groups is 1. The van der Waals surface area contributed by atoms with Crippen LogP contribution in [0.1, 0.15) is 38.7 Å². The van der Waals surface area contributed by atoms with Crippen LogP contribution in [0.3, 0.4) is 0 Å². The zero-order chi connectivity index (χ0) is 15.9. The van der Waals surface area contributed by atoms with Crippen molar-refractivity contribution in [3.63, 3.8) is 0 Å². The van der Waals surface area contributed by atoms with Gasteiger partial charge in [0.1, 0.15) is 17.4 Å². The SMILES string of the molecule is CC[C@@H](C)Oc1ccc(/C=C(\C#N)C(=O)N2CCCC2)cc1. The first-order chi connectivity index (χ1) is 10.6. The average Bonchev–Trinajstić information content (AvgIpc) is 3.07. The Labute approximate surface area is 132 Å². The van der Waals surface area contributed by atoms with E-state index in [2.05, 4.69) is 6.92 Å². The predicted molar refractivity (Wildman–Crippen MR) is 86.2 cm³/mol. The molecule has 1 saturated heterocycles. The number of nitriles is 1. The van der Waals surface area contributed by atoms with E-state index in [1.54, 1.807) is 11.0 Å². The van der Waals surface area contributed by atoms with Gasteiger partial charge in [0.05, 0.1) is 6.10 Å². The summed E-state index contributed by atoms with van der Waals surface area (Å²) in [6.45, 7) is 5.60. The Balaban J connectivity index is 2.09.